The van der Waals surface area contributed by atoms with Gasteiger partial charge in [-0.05, 0) is 18.6 Å². The molecule has 0 saturated heterocycles. The Bertz CT molecular complexity index is 328. The van der Waals surface area contributed by atoms with Crippen molar-refractivity contribution in [3.05, 3.63) is 29.6 Å². The van der Waals surface area contributed by atoms with E-state index in [0.29, 0.717) is 12.2 Å². The molecule has 0 spiro atoms. The number of benzene rings is 1. The van der Waals surface area contributed by atoms with Gasteiger partial charge < -0.3 is 14.6 Å². The molecule has 1 rings (SSSR count). The quantitative estimate of drug-likeness (QED) is 0.806. The highest BCUT2D eigenvalue weighted by Gasteiger charge is 2.12. The first-order valence-corrected chi connectivity index (χ1v) is 5.26. The summed E-state index contributed by atoms with van der Waals surface area (Å²) in [6.45, 7) is 2.60. The van der Waals surface area contributed by atoms with Gasteiger partial charge in [0.1, 0.15) is 0 Å². The highest BCUT2D eigenvalue weighted by atomic mass is 19.1. The van der Waals surface area contributed by atoms with Gasteiger partial charge in [0, 0.05) is 13.0 Å². The number of aliphatic hydroxyl groups excluding tert-OH is 1. The summed E-state index contributed by atoms with van der Waals surface area (Å²) in [7, 11) is 1.42. The average Bonchev–Trinajstić information content (AvgIpc) is 2.29. The van der Waals surface area contributed by atoms with Gasteiger partial charge in [-0.1, -0.05) is 12.1 Å². The minimum Gasteiger partial charge on any atom is -0.494 e. The average molecular weight is 228 g/mol. The molecule has 1 N–H and O–H groups in total. The van der Waals surface area contributed by atoms with Gasteiger partial charge >= 0.3 is 0 Å². The maximum absolute atomic E-state index is 13.7. The number of halogens is 1. The van der Waals surface area contributed by atoms with Crippen molar-refractivity contribution in [2.75, 3.05) is 20.3 Å². The number of hydrogen-bond donors (Lipinski definition) is 1. The van der Waals surface area contributed by atoms with Crippen molar-refractivity contribution in [3.63, 3.8) is 0 Å². The molecule has 0 aliphatic rings. The molecule has 0 radical (unpaired) electrons. The molecule has 0 saturated carbocycles. The van der Waals surface area contributed by atoms with E-state index in [9.17, 15) is 9.50 Å². The lowest BCUT2D eigenvalue weighted by Gasteiger charge is -2.12. The van der Waals surface area contributed by atoms with Crippen LogP contribution in [0.15, 0.2) is 18.2 Å². The van der Waals surface area contributed by atoms with Crippen LogP contribution in [0.3, 0.4) is 0 Å². The van der Waals surface area contributed by atoms with Crippen molar-refractivity contribution in [2.45, 2.75) is 19.4 Å². The number of rotatable bonds is 6. The van der Waals surface area contributed by atoms with Crippen LogP contribution in [0, 0.1) is 5.82 Å². The summed E-state index contributed by atoms with van der Waals surface area (Å²) in [4.78, 5) is 0. The molecule has 0 aliphatic carbocycles. The Morgan fingerprint density at radius 3 is 2.81 bits per heavy atom. The highest BCUT2D eigenvalue weighted by molar-refractivity contribution is 5.31. The number of ether oxygens (including phenoxy) is 2. The summed E-state index contributed by atoms with van der Waals surface area (Å²) in [5.74, 6) is -0.221. The van der Waals surface area contributed by atoms with Crippen LogP contribution in [0.25, 0.3) is 0 Å². The van der Waals surface area contributed by atoms with E-state index in [2.05, 4.69) is 0 Å². The van der Waals surface area contributed by atoms with Crippen LogP contribution in [-0.2, 0) is 11.2 Å². The van der Waals surface area contributed by atoms with Gasteiger partial charge in [-0.3, -0.25) is 0 Å². The molecule has 16 heavy (non-hydrogen) atoms. The maximum atomic E-state index is 13.7. The summed E-state index contributed by atoms with van der Waals surface area (Å²) >= 11 is 0. The van der Waals surface area contributed by atoms with Crippen molar-refractivity contribution in [2.24, 2.45) is 0 Å². The van der Waals surface area contributed by atoms with Gasteiger partial charge in [-0.25, -0.2) is 4.39 Å². The molecule has 90 valence electrons. The van der Waals surface area contributed by atoms with E-state index in [1.807, 2.05) is 6.92 Å². The van der Waals surface area contributed by atoms with E-state index in [1.54, 1.807) is 18.2 Å². The van der Waals surface area contributed by atoms with Crippen LogP contribution < -0.4 is 4.74 Å². The van der Waals surface area contributed by atoms with Gasteiger partial charge in [-0.15, -0.1) is 0 Å². The topological polar surface area (TPSA) is 38.7 Å². The molecule has 0 fully saturated rings. The molecule has 0 heterocycles. The predicted octanol–water partition coefficient (Wildman–Crippen LogP) is 1.77. The van der Waals surface area contributed by atoms with Crippen LogP contribution in [0.4, 0.5) is 4.39 Å². The van der Waals surface area contributed by atoms with Crippen LogP contribution in [0.1, 0.15) is 12.5 Å². The lowest BCUT2D eigenvalue weighted by atomic mass is 10.1. The maximum Gasteiger partial charge on any atom is 0.168 e. The summed E-state index contributed by atoms with van der Waals surface area (Å²) in [6.07, 6.45) is -0.468. The summed E-state index contributed by atoms with van der Waals surface area (Å²) in [6, 6.07) is 4.88. The molecule has 0 bridgehead atoms. The molecule has 4 heteroatoms. The molecule has 1 unspecified atom stereocenters. The smallest absolute Gasteiger partial charge is 0.168 e. The van der Waals surface area contributed by atoms with Gasteiger partial charge in [-0.2, -0.15) is 0 Å². The van der Waals surface area contributed by atoms with Crippen molar-refractivity contribution < 1.29 is 19.0 Å². The van der Waals surface area contributed by atoms with Gasteiger partial charge in [0.25, 0.3) is 0 Å². The first kappa shape index (κ1) is 12.9. The fourth-order valence-electron chi connectivity index (χ4n) is 1.44. The second-order valence-corrected chi connectivity index (χ2v) is 3.45. The second-order valence-electron chi connectivity index (χ2n) is 3.45. The lowest BCUT2D eigenvalue weighted by molar-refractivity contribution is 0.0425. The molecule has 1 aromatic rings. The van der Waals surface area contributed by atoms with Gasteiger partial charge in [0.2, 0.25) is 0 Å². The SMILES string of the molecule is CCOCC(O)Cc1cccc(OC)c1F. The van der Waals surface area contributed by atoms with Crippen LogP contribution >= 0.6 is 0 Å². The number of hydrogen-bond acceptors (Lipinski definition) is 3. The molecule has 3 nitrogen and oxygen atoms in total. The van der Waals surface area contributed by atoms with E-state index in [1.165, 1.54) is 7.11 Å². The highest BCUT2D eigenvalue weighted by Crippen LogP contribution is 2.20. The van der Waals surface area contributed by atoms with E-state index in [4.69, 9.17) is 9.47 Å². The van der Waals surface area contributed by atoms with Crippen molar-refractivity contribution in [3.8, 4) is 5.75 Å². The fourth-order valence-corrected chi connectivity index (χ4v) is 1.44. The third-order valence-corrected chi connectivity index (χ3v) is 2.23. The molecule has 0 aliphatic heterocycles. The Morgan fingerprint density at radius 1 is 1.44 bits per heavy atom. The molecular weight excluding hydrogens is 211 g/mol. The lowest BCUT2D eigenvalue weighted by Crippen LogP contribution is -2.18. The van der Waals surface area contributed by atoms with E-state index >= 15 is 0 Å². The number of aliphatic hydroxyl groups is 1. The number of methoxy groups -OCH3 is 1. The summed E-state index contributed by atoms with van der Waals surface area (Å²) in [5.41, 5.74) is 0.437. The van der Waals surface area contributed by atoms with E-state index in [-0.39, 0.29) is 18.8 Å². The molecule has 0 aromatic heterocycles. The molecule has 1 atom stereocenters. The Morgan fingerprint density at radius 2 is 2.19 bits per heavy atom. The molecular formula is C12H17FO3. The van der Waals surface area contributed by atoms with E-state index < -0.39 is 11.9 Å². The second kappa shape index (κ2) is 6.45. The summed E-state index contributed by atoms with van der Waals surface area (Å²) < 4.78 is 23.6. The minimum absolute atomic E-state index is 0.195. The Balaban J connectivity index is 2.66. The fraction of sp³-hybridized carbons (Fsp3) is 0.500. The zero-order valence-electron chi connectivity index (χ0n) is 9.57. The van der Waals surface area contributed by atoms with E-state index in [0.717, 1.165) is 0 Å². The largest absolute Gasteiger partial charge is 0.494 e. The minimum atomic E-state index is -0.693. The third-order valence-electron chi connectivity index (χ3n) is 2.23. The normalized spacial score (nSPS) is 12.5. The van der Waals surface area contributed by atoms with Gasteiger partial charge in [0.15, 0.2) is 11.6 Å². The van der Waals surface area contributed by atoms with Crippen molar-refractivity contribution >= 4 is 0 Å². The Labute approximate surface area is 94.8 Å². The van der Waals surface area contributed by atoms with Crippen molar-refractivity contribution in [1.29, 1.82) is 0 Å². The summed E-state index contributed by atoms with van der Waals surface area (Å²) in [5, 5.41) is 9.59. The molecule has 0 amide bonds. The Hall–Kier alpha value is -1.13. The molecule has 1 aromatic carbocycles. The zero-order valence-corrected chi connectivity index (χ0v) is 9.57. The van der Waals surface area contributed by atoms with Crippen molar-refractivity contribution in [1.82, 2.24) is 0 Å². The first-order valence-electron chi connectivity index (χ1n) is 5.26. The predicted molar refractivity (Wildman–Crippen MR) is 59.2 cm³/mol. The first-order chi connectivity index (χ1) is 7.69. The van der Waals surface area contributed by atoms with Gasteiger partial charge in [0.05, 0.1) is 19.8 Å². The van der Waals surface area contributed by atoms with Crippen LogP contribution in [0.5, 0.6) is 5.75 Å². The Kier molecular flexibility index (Phi) is 5.22. The zero-order chi connectivity index (χ0) is 12.0. The van der Waals surface area contributed by atoms with Crippen LogP contribution in [-0.4, -0.2) is 31.5 Å². The third kappa shape index (κ3) is 3.47. The standard InChI is InChI=1S/C12H17FO3/c1-3-16-8-10(14)7-9-5-4-6-11(15-2)12(9)13/h4-6,10,14H,3,7-8H2,1-2H3. The monoisotopic (exact) mass is 228 g/mol. The van der Waals surface area contributed by atoms with Crippen LogP contribution in [0.2, 0.25) is 0 Å².